The molecule has 0 saturated carbocycles. The summed E-state index contributed by atoms with van der Waals surface area (Å²) in [5.74, 6) is 0.508. The number of alkyl halides is 3. The van der Waals surface area contributed by atoms with Gasteiger partial charge in [0, 0.05) is 39.8 Å². The third-order valence-electron chi connectivity index (χ3n) is 3.25. The summed E-state index contributed by atoms with van der Waals surface area (Å²) in [6.45, 7) is 0.684. The first-order chi connectivity index (χ1) is 10.2. The highest BCUT2D eigenvalue weighted by Crippen LogP contribution is 2.28. The molecule has 1 fully saturated rings. The fourth-order valence-corrected chi connectivity index (χ4v) is 3.03. The van der Waals surface area contributed by atoms with Crippen LogP contribution in [0.1, 0.15) is 12.8 Å². The molecule has 0 aromatic carbocycles. The molecule has 0 bridgehead atoms. The number of halogens is 3. The number of guanidine groups is 1. The molecule has 0 atom stereocenters. The highest BCUT2D eigenvalue weighted by molar-refractivity contribution is 7.90. The van der Waals surface area contributed by atoms with E-state index >= 15 is 0 Å². The summed E-state index contributed by atoms with van der Waals surface area (Å²) in [5, 5.41) is 6.04. The van der Waals surface area contributed by atoms with Gasteiger partial charge < -0.3 is 15.4 Å². The number of piperidine rings is 1. The van der Waals surface area contributed by atoms with Crippen molar-refractivity contribution in [3.63, 3.8) is 0 Å². The van der Waals surface area contributed by atoms with E-state index in [2.05, 4.69) is 15.6 Å². The van der Waals surface area contributed by atoms with Gasteiger partial charge in [-0.15, -0.1) is 0 Å². The van der Waals surface area contributed by atoms with Gasteiger partial charge >= 0.3 is 15.5 Å². The van der Waals surface area contributed by atoms with Gasteiger partial charge in [0.15, 0.2) is 5.96 Å². The van der Waals surface area contributed by atoms with Crippen molar-refractivity contribution < 1.29 is 26.3 Å². The molecule has 2 N–H and O–H groups in total. The van der Waals surface area contributed by atoms with Crippen LogP contribution in [0.3, 0.4) is 0 Å². The van der Waals surface area contributed by atoms with Crippen molar-refractivity contribution in [1.82, 2.24) is 14.9 Å². The second-order valence-electron chi connectivity index (χ2n) is 4.76. The molecule has 0 spiro atoms. The first-order valence-corrected chi connectivity index (χ1v) is 8.19. The van der Waals surface area contributed by atoms with Crippen LogP contribution >= 0.6 is 0 Å². The van der Waals surface area contributed by atoms with Crippen LogP contribution in [0.4, 0.5) is 13.2 Å². The van der Waals surface area contributed by atoms with Crippen LogP contribution in [0, 0.1) is 0 Å². The van der Waals surface area contributed by atoms with Crippen LogP contribution in [0.5, 0.6) is 0 Å². The Kier molecular flexibility index (Phi) is 6.88. The Balaban J connectivity index is 2.49. The Labute approximate surface area is 128 Å². The molecule has 1 aliphatic heterocycles. The lowest BCUT2D eigenvalue weighted by Gasteiger charge is -2.32. The molecule has 0 amide bonds. The van der Waals surface area contributed by atoms with Gasteiger partial charge in [-0.2, -0.15) is 17.5 Å². The highest BCUT2D eigenvalue weighted by atomic mass is 32.2. The highest BCUT2D eigenvalue weighted by Gasteiger charge is 2.50. The summed E-state index contributed by atoms with van der Waals surface area (Å²) in [5.41, 5.74) is -5.25. The summed E-state index contributed by atoms with van der Waals surface area (Å²) in [6.07, 6.45) is 0.556. The Morgan fingerprint density at radius 3 is 2.41 bits per heavy atom. The van der Waals surface area contributed by atoms with E-state index in [1.165, 1.54) is 0 Å². The maximum atomic E-state index is 12.5. The fourth-order valence-electron chi connectivity index (χ4n) is 2.05. The van der Waals surface area contributed by atoms with Gasteiger partial charge in [-0.1, -0.05) is 0 Å². The van der Waals surface area contributed by atoms with Crippen molar-refractivity contribution in [2.45, 2.75) is 24.4 Å². The van der Waals surface area contributed by atoms with Crippen LogP contribution in [-0.2, 0) is 14.8 Å². The number of nitrogens with zero attached hydrogens (tertiary/aromatic N) is 2. The summed E-state index contributed by atoms with van der Waals surface area (Å²) >= 11 is 0. The third kappa shape index (κ3) is 4.99. The first kappa shape index (κ1) is 19.0. The maximum Gasteiger partial charge on any atom is 0.511 e. The average molecular weight is 346 g/mol. The van der Waals surface area contributed by atoms with Gasteiger partial charge in [0.25, 0.3) is 0 Å². The molecular formula is C11H21F3N4O3S. The van der Waals surface area contributed by atoms with Crippen LogP contribution < -0.4 is 10.6 Å². The van der Waals surface area contributed by atoms with Crippen LogP contribution in [0.15, 0.2) is 4.99 Å². The monoisotopic (exact) mass is 346 g/mol. The minimum Gasteiger partial charge on any atom is -0.383 e. The van der Waals surface area contributed by atoms with E-state index in [-0.39, 0.29) is 32.0 Å². The summed E-state index contributed by atoms with van der Waals surface area (Å²) in [6, 6.07) is -0.131. The lowest BCUT2D eigenvalue weighted by atomic mass is 10.1. The zero-order valence-corrected chi connectivity index (χ0v) is 13.3. The summed E-state index contributed by atoms with van der Waals surface area (Å²) in [4.78, 5) is 3.99. The molecule has 1 rings (SSSR count). The van der Waals surface area contributed by atoms with Crippen LogP contribution in [0.25, 0.3) is 0 Å². The zero-order valence-electron chi connectivity index (χ0n) is 12.5. The number of sulfonamides is 1. The molecule has 1 aliphatic rings. The van der Waals surface area contributed by atoms with Crippen molar-refractivity contribution in [2.24, 2.45) is 4.99 Å². The van der Waals surface area contributed by atoms with Crippen molar-refractivity contribution >= 4 is 16.0 Å². The van der Waals surface area contributed by atoms with Gasteiger partial charge in [-0.25, -0.2) is 8.42 Å². The molecule has 0 unspecified atom stereocenters. The molecule has 11 heteroatoms. The Bertz CT molecular complexity index is 473. The number of ether oxygens (including phenoxy) is 1. The predicted octanol–water partition coefficient (Wildman–Crippen LogP) is 0.112. The lowest BCUT2D eigenvalue weighted by Crippen LogP contribution is -2.51. The van der Waals surface area contributed by atoms with Crippen LogP contribution in [-0.4, -0.2) is 70.6 Å². The number of nitrogens with one attached hydrogen (secondary N) is 2. The van der Waals surface area contributed by atoms with Crippen molar-refractivity contribution in [1.29, 1.82) is 0 Å². The van der Waals surface area contributed by atoms with E-state index in [0.717, 1.165) is 0 Å². The second kappa shape index (κ2) is 7.97. The summed E-state index contributed by atoms with van der Waals surface area (Å²) in [7, 11) is -2.09. The van der Waals surface area contributed by atoms with E-state index in [1.54, 1.807) is 14.2 Å². The first-order valence-electron chi connectivity index (χ1n) is 6.75. The van der Waals surface area contributed by atoms with Gasteiger partial charge in [0.2, 0.25) is 0 Å². The van der Waals surface area contributed by atoms with Gasteiger partial charge in [-0.05, 0) is 12.8 Å². The van der Waals surface area contributed by atoms with E-state index in [1.807, 2.05) is 0 Å². The molecule has 0 aromatic rings. The van der Waals surface area contributed by atoms with Gasteiger partial charge in [0.1, 0.15) is 0 Å². The minimum absolute atomic E-state index is 0.131. The molecule has 1 heterocycles. The molecular weight excluding hydrogens is 325 g/mol. The molecule has 130 valence electrons. The Morgan fingerprint density at radius 1 is 1.36 bits per heavy atom. The van der Waals surface area contributed by atoms with E-state index in [0.29, 0.717) is 23.4 Å². The minimum atomic E-state index is -5.25. The SMILES string of the molecule is CN=C(NCCOC)NC1CCN(S(=O)(=O)C(F)(F)F)CC1. The maximum absolute atomic E-state index is 12.5. The average Bonchev–Trinajstić information content (AvgIpc) is 2.45. The van der Waals surface area contributed by atoms with Crippen LogP contribution in [0.2, 0.25) is 0 Å². The second-order valence-corrected chi connectivity index (χ2v) is 6.69. The van der Waals surface area contributed by atoms with Crippen molar-refractivity contribution in [3.8, 4) is 0 Å². The predicted molar refractivity (Wildman–Crippen MR) is 75.9 cm³/mol. The largest absolute Gasteiger partial charge is 0.511 e. The zero-order chi connectivity index (χ0) is 16.8. The Hall–Kier alpha value is -1.07. The third-order valence-corrected chi connectivity index (χ3v) is 4.88. The number of rotatable bonds is 5. The Morgan fingerprint density at radius 2 is 1.95 bits per heavy atom. The molecule has 7 nitrogen and oxygen atoms in total. The molecule has 22 heavy (non-hydrogen) atoms. The van der Waals surface area contributed by atoms with Gasteiger partial charge in [-0.3, -0.25) is 4.99 Å². The quantitative estimate of drug-likeness (QED) is 0.419. The number of aliphatic imine (C=N–C) groups is 1. The van der Waals surface area contributed by atoms with Crippen molar-refractivity contribution in [3.05, 3.63) is 0 Å². The molecule has 0 aromatic heterocycles. The number of methoxy groups -OCH3 is 1. The lowest BCUT2D eigenvalue weighted by molar-refractivity contribution is -0.0494. The van der Waals surface area contributed by atoms with Gasteiger partial charge in [0.05, 0.1) is 6.61 Å². The fraction of sp³-hybridized carbons (Fsp3) is 0.909. The normalized spacial score (nSPS) is 19.2. The smallest absolute Gasteiger partial charge is 0.383 e. The van der Waals surface area contributed by atoms with E-state index in [9.17, 15) is 21.6 Å². The number of hydrogen-bond acceptors (Lipinski definition) is 4. The molecule has 1 saturated heterocycles. The number of hydrogen-bond donors (Lipinski definition) is 2. The summed E-state index contributed by atoms with van der Waals surface area (Å²) < 4.78 is 65.4. The van der Waals surface area contributed by atoms with E-state index < -0.39 is 15.5 Å². The molecule has 0 radical (unpaired) electrons. The van der Waals surface area contributed by atoms with Crippen molar-refractivity contribution in [2.75, 3.05) is 40.4 Å². The standard InChI is InChI=1S/C11H21F3N4O3S/c1-15-10(16-5-8-21-2)17-9-3-6-18(7-4-9)22(19,20)11(12,13)14/h9H,3-8H2,1-2H3,(H2,15,16,17). The topological polar surface area (TPSA) is 83.0 Å². The van der Waals surface area contributed by atoms with E-state index in [4.69, 9.17) is 4.74 Å². The molecule has 0 aliphatic carbocycles.